The summed E-state index contributed by atoms with van der Waals surface area (Å²) in [6.45, 7) is 4.36. The van der Waals surface area contributed by atoms with Gasteiger partial charge in [0, 0.05) is 13.3 Å². The third-order valence-electron chi connectivity index (χ3n) is 1.43. The van der Waals surface area contributed by atoms with Gasteiger partial charge in [0.2, 0.25) is 0 Å². The average Bonchev–Trinajstić information content (AvgIpc) is 1.97. The van der Waals surface area contributed by atoms with Gasteiger partial charge < -0.3 is 0 Å². The minimum atomic E-state index is 1.21. The molecule has 0 radical (unpaired) electrons. The summed E-state index contributed by atoms with van der Waals surface area (Å²) in [7, 11) is 1.80. The van der Waals surface area contributed by atoms with E-state index in [-0.39, 0.29) is 0 Å². The van der Waals surface area contributed by atoms with E-state index in [1.807, 2.05) is 6.21 Å². The highest BCUT2D eigenvalue weighted by atomic mass is 14.6. The molecule has 0 amide bonds. The lowest BCUT2D eigenvalue weighted by Crippen LogP contribution is -1.77. The molecular formula is C9H17N. The van der Waals surface area contributed by atoms with Crippen molar-refractivity contribution in [2.45, 2.75) is 33.1 Å². The van der Waals surface area contributed by atoms with Gasteiger partial charge in [-0.25, -0.2) is 0 Å². The van der Waals surface area contributed by atoms with Crippen molar-refractivity contribution < 1.29 is 0 Å². The van der Waals surface area contributed by atoms with Gasteiger partial charge in [-0.3, -0.25) is 4.99 Å². The number of allylic oxidation sites excluding steroid dienone is 2. The van der Waals surface area contributed by atoms with Gasteiger partial charge in [0.05, 0.1) is 0 Å². The predicted molar refractivity (Wildman–Crippen MR) is 47.7 cm³/mol. The Morgan fingerprint density at radius 1 is 1.50 bits per heavy atom. The van der Waals surface area contributed by atoms with Gasteiger partial charge in [-0.2, -0.15) is 0 Å². The fourth-order valence-electron chi connectivity index (χ4n) is 0.741. The van der Waals surface area contributed by atoms with Crippen LogP contribution in [0.2, 0.25) is 0 Å². The SMILES string of the molecule is CCCC/C(C)=C/C=NC. The van der Waals surface area contributed by atoms with Crippen LogP contribution in [-0.2, 0) is 0 Å². The van der Waals surface area contributed by atoms with Crippen molar-refractivity contribution in [1.29, 1.82) is 0 Å². The number of aliphatic imine (C=N–C) groups is 1. The normalized spacial score (nSPS) is 12.9. The Morgan fingerprint density at radius 3 is 2.70 bits per heavy atom. The second kappa shape index (κ2) is 6.53. The summed E-state index contributed by atoms with van der Waals surface area (Å²) in [5, 5.41) is 0. The van der Waals surface area contributed by atoms with Gasteiger partial charge in [0.1, 0.15) is 0 Å². The first-order valence-corrected chi connectivity index (χ1v) is 3.89. The highest BCUT2D eigenvalue weighted by Gasteiger charge is 1.85. The molecule has 0 atom stereocenters. The van der Waals surface area contributed by atoms with Crippen LogP contribution in [0.25, 0.3) is 0 Å². The van der Waals surface area contributed by atoms with Gasteiger partial charge in [0.15, 0.2) is 0 Å². The van der Waals surface area contributed by atoms with E-state index < -0.39 is 0 Å². The van der Waals surface area contributed by atoms with Crippen molar-refractivity contribution in [1.82, 2.24) is 0 Å². The van der Waals surface area contributed by atoms with Crippen molar-refractivity contribution in [3.8, 4) is 0 Å². The molecular weight excluding hydrogens is 122 g/mol. The van der Waals surface area contributed by atoms with Gasteiger partial charge in [-0.1, -0.05) is 18.9 Å². The molecule has 0 aliphatic rings. The van der Waals surface area contributed by atoms with E-state index in [1.54, 1.807) is 7.05 Å². The lowest BCUT2D eigenvalue weighted by molar-refractivity contribution is 0.788. The first kappa shape index (κ1) is 9.41. The molecule has 1 heteroatoms. The van der Waals surface area contributed by atoms with Crippen LogP contribution >= 0.6 is 0 Å². The fourth-order valence-corrected chi connectivity index (χ4v) is 0.741. The van der Waals surface area contributed by atoms with E-state index in [4.69, 9.17) is 0 Å². The van der Waals surface area contributed by atoms with Crippen molar-refractivity contribution in [3.63, 3.8) is 0 Å². The monoisotopic (exact) mass is 139 g/mol. The number of hydrogen-bond acceptors (Lipinski definition) is 1. The number of unbranched alkanes of at least 4 members (excludes halogenated alkanes) is 1. The first-order chi connectivity index (χ1) is 4.81. The highest BCUT2D eigenvalue weighted by molar-refractivity contribution is 5.71. The van der Waals surface area contributed by atoms with Crippen LogP contribution in [0.15, 0.2) is 16.6 Å². The maximum absolute atomic E-state index is 3.88. The Morgan fingerprint density at radius 2 is 2.20 bits per heavy atom. The summed E-state index contributed by atoms with van der Waals surface area (Å²) in [5.74, 6) is 0. The molecule has 0 N–H and O–H groups in total. The zero-order valence-corrected chi connectivity index (χ0v) is 7.22. The molecule has 0 fully saturated rings. The maximum Gasteiger partial charge on any atom is 0.0277 e. The number of rotatable bonds is 4. The van der Waals surface area contributed by atoms with E-state index in [2.05, 4.69) is 24.9 Å². The molecule has 0 aromatic carbocycles. The molecule has 0 heterocycles. The maximum atomic E-state index is 3.88. The van der Waals surface area contributed by atoms with Crippen LogP contribution in [0.4, 0.5) is 0 Å². The molecule has 0 saturated carbocycles. The molecule has 0 unspecified atom stereocenters. The fraction of sp³-hybridized carbons (Fsp3) is 0.667. The summed E-state index contributed by atoms with van der Waals surface area (Å²) in [6.07, 6.45) is 7.71. The number of nitrogens with zero attached hydrogens (tertiary/aromatic N) is 1. The Balaban J connectivity index is 3.49. The van der Waals surface area contributed by atoms with Crippen molar-refractivity contribution in [2.24, 2.45) is 4.99 Å². The van der Waals surface area contributed by atoms with E-state index in [9.17, 15) is 0 Å². The van der Waals surface area contributed by atoms with E-state index >= 15 is 0 Å². The second-order valence-corrected chi connectivity index (χ2v) is 2.52. The molecule has 0 aromatic rings. The van der Waals surface area contributed by atoms with Crippen molar-refractivity contribution >= 4 is 6.21 Å². The van der Waals surface area contributed by atoms with E-state index in [0.717, 1.165) is 0 Å². The van der Waals surface area contributed by atoms with Crippen LogP contribution in [0.1, 0.15) is 33.1 Å². The largest absolute Gasteiger partial charge is 0.297 e. The molecule has 0 aromatic heterocycles. The zero-order chi connectivity index (χ0) is 7.82. The Bertz CT molecular complexity index is 123. The van der Waals surface area contributed by atoms with Gasteiger partial charge in [-0.15, -0.1) is 0 Å². The van der Waals surface area contributed by atoms with Crippen molar-refractivity contribution in [3.05, 3.63) is 11.6 Å². The average molecular weight is 139 g/mol. The summed E-state index contributed by atoms with van der Waals surface area (Å²) < 4.78 is 0. The summed E-state index contributed by atoms with van der Waals surface area (Å²) in [5.41, 5.74) is 1.42. The van der Waals surface area contributed by atoms with E-state index in [1.165, 1.54) is 24.8 Å². The molecule has 0 rings (SSSR count). The van der Waals surface area contributed by atoms with Crippen LogP contribution < -0.4 is 0 Å². The minimum Gasteiger partial charge on any atom is -0.297 e. The Labute approximate surface area is 63.9 Å². The summed E-state index contributed by atoms with van der Waals surface area (Å²) in [4.78, 5) is 3.88. The van der Waals surface area contributed by atoms with Crippen LogP contribution in [0.3, 0.4) is 0 Å². The predicted octanol–water partition coefficient (Wildman–Crippen LogP) is 2.82. The molecule has 0 aliphatic carbocycles. The Hall–Kier alpha value is -0.590. The van der Waals surface area contributed by atoms with Crippen molar-refractivity contribution in [2.75, 3.05) is 7.05 Å². The molecule has 0 saturated heterocycles. The lowest BCUT2D eigenvalue weighted by Gasteiger charge is -1.95. The quantitative estimate of drug-likeness (QED) is 0.531. The molecule has 0 aliphatic heterocycles. The smallest absolute Gasteiger partial charge is 0.0277 e. The molecule has 58 valence electrons. The number of hydrogen-bond donors (Lipinski definition) is 0. The lowest BCUT2D eigenvalue weighted by atomic mass is 10.1. The second-order valence-electron chi connectivity index (χ2n) is 2.52. The summed E-state index contributed by atoms with van der Waals surface area (Å²) >= 11 is 0. The van der Waals surface area contributed by atoms with Crippen LogP contribution in [0, 0.1) is 0 Å². The Kier molecular flexibility index (Phi) is 6.14. The third kappa shape index (κ3) is 5.54. The summed E-state index contributed by atoms with van der Waals surface area (Å²) in [6, 6.07) is 0. The molecule has 1 nitrogen and oxygen atoms in total. The molecule has 0 spiro atoms. The van der Waals surface area contributed by atoms with E-state index in [0.29, 0.717) is 0 Å². The van der Waals surface area contributed by atoms with Gasteiger partial charge in [-0.05, 0) is 25.8 Å². The van der Waals surface area contributed by atoms with Gasteiger partial charge >= 0.3 is 0 Å². The van der Waals surface area contributed by atoms with Gasteiger partial charge in [0.25, 0.3) is 0 Å². The first-order valence-electron chi connectivity index (χ1n) is 3.89. The minimum absolute atomic E-state index is 1.21. The molecule has 10 heavy (non-hydrogen) atoms. The topological polar surface area (TPSA) is 12.4 Å². The van der Waals surface area contributed by atoms with Crippen LogP contribution in [0.5, 0.6) is 0 Å². The molecule has 0 bridgehead atoms. The van der Waals surface area contributed by atoms with Crippen LogP contribution in [-0.4, -0.2) is 13.3 Å². The highest BCUT2D eigenvalue weighted by Crippen LogP contribution is 2.04. The standard InChI is InChI=1S/C9H17N/c1-4-5-6-9(2)7-8-10-3/h7-8H,4-6H2,1-3H3/b9-7+,10-8?. The third-order valence-corrected chi connectivity index (χ3v) is 1.43. The zero-order valence-electron chi connectivity index (χ0n) is 7.22.